The van der Waals surface area contributed by atoms with Crippen molar-refractivity contribution in [1.29, 1.82) is 0 Å². The largest absolute Gasteiger partial charge is 0.456 e. The first-order chi connectivity index (χ1) is 16.2. The number of fused-ring (bicyclic) bond motifs is 1. The number of hydrogen-bond acceptors (Lipinski definition) is 7. The number of halogens is 1. The van der Waals surface area contributed by atoms with E-state index in [4.69, 9.17) is 9.15 Å². The molecule has 0 amide bonds. The van der Waals surface area contributed by atoms with Crippen LogP contribution in [0.25, 0.3) is 16.8 Å². The molecule has 0 bridgehead atoms. The molecular formula is C23H18FN3O7. The highest BCUT2D eigenvalue weighted by atomic mass is 19.1. The maximum atomic E-state index is 13.6. The predicted molar refractivity (Wildman–Crippen MR) is 118 cm³/mol. The number of non-ortho nitro benzene ring substituents is 1. The molecule has 0 N–H and O–H groups in total. The Morgan fingerprint density at radius 2 is 1.91 bits per heavy atom. The number of carbonyl (C=O) groups excluding carboxylic acids is 2. The van der Waals surface area contributed by atoms with Crippen LogP contribution in [0.15, 0.2) is 57.7 Å². The van der Waals surface area contributed by atoms with Crippen LogP contribution in [0.1, 0.15) is 21.7 Å². The van der Waals surface area contributed by atoms with Gasteiger partial charge < -0.3 is 13.7 Å². The number of ether oxygens (including phenoxy) is 1. The van der Waals surface area contributed by atoms with Crippen LogP contribution in [0, 0.1) is 29.8 Å². The van der Waals surface area contributed by atoms with Crippen molar-refractivity contribution in [3.8, 4) is 5.69 Å². The predicted octanol–water partition coefficient (Wildman–Crippen LogP) is 3.48. The van der Waals surface area contributed by atoms with Gasteiger partial charge in [0.15, 0.2) is 12.2 Å². The first-order valence-electron chi connectivity index (χ1n) is 10.1. The molecule has 0 spiro atoms. The van der Waals surface area contributed by atoms with E-state index in [-0.39, 0.29) is 16.8 Å². The topological polar surface area (TPSA) is 127 Å². The lowest BCUT2D eigenvalue weighted by atomic mass is 10.1. The van der Waals surface area contributed by atoms with Gasteiger partial charge in [-0.2, -0.15) is 0 Å². The fraction of sp³-hybridized carbons (Fsp3) is 0.174. The zero-order valence-electron chi connectivity index (χ0n) is 18.1. The first-order valence-corrected chi connectivity index (χ1v) is 10.1. The Labute approximate surface area is 190 Å². The lowest BCUT2D eigenvalue weighted by Crippen LogP contribution is -2.23. The number of oxazole rings is 1. The average Bonchev–Trinajstić information content (AvgIpc) is 3.26. The molecule has 0 saturated carbocycles. The highest BCUT2D eigenvalue weighted by Crippen LogP contribution is 2.22. The van der Waals surface area contributed by atoms with Gasteiger partial charge in [0, 0.05) is 28.7 Å². The second kappa shape index (κ2) is 8.77. The first kappa shape index (κ1) is 22.6. The van der Waals surface area contributed by atoms with Gasteiger partial charge in [0.25, 0.3) is 5.69 Å². The smallest absolute Gasteiger partial charge is 0.420 e. The van der Waals surface area contributed by atoms with Crippen LogP contribution in [0.3, 0.4) is 0 Å². The van der Waals surface area contributed by atoms with Crippen LogP contribution >= 0.6 is 0 Å². The average molecular weight is 467 g/mol. The number of benzene rings is 2. The molecule has 0 aliphatic carbocycles. The molecule has 11 heteroatoms. The van der Waals surface area contributed by atoms with Gasteiger partial charge in [-0.15, -0.1) is 0 Å². The SMILES string of the molecule is Cc1cc(C(=O)COC(=O)Cn2c(=O)oc3cc([N+](=O)[O-])ccc32)c(C)n1-c1cccc(F)c1. The van der Waals surface area contributed by atoms with E-state index >= 15 is 0 Å². The van der Waals surface area contributed by atoms with Gasteiger partial charge in [0.05, 0.1) is 16.5 Å². The molecular weight excluding hydrogens is 449 g/mol. The Morgan fingerprint density at radius 1 is 1.15 bits per heavy atom. The van der Waals surface area contributed by atoms with Crippen LogP contribution in [-0.2, 0) is 16.1 Å². The van der Waals surface area contributed by atoms with Crippen LogP contribution in [-0.4, -0.2) is 32.4 Å². The van der Waals surface area contributed by atoms with Crippen molar-refractivity contribution in [2.24, 2.45) is 0 Å². The fourth-order valence-electron chi connectivity index (χ4n) is 3.77. The van der Waals surface area contributed by atoms with Crippen molar-refractivity contribution in [1.82, 2.24) is 9.13 Å². The zero-order chi connectivity index (χ0) is 24.6. The number of nitrogens with zero attached hydrogens (tertiary/aromatic N) is 3. The number of esters is 1. The molecule has 0 aliphatic heterocycles. The van der Waals surface area contributed by atoms with E-state index in [0.29, 0.717) is 22.6 Å². The number of hydrogen-bond donors (Lipinski definition) is 0. The summed E-state index contributed by atoms with van der Waals surface area (Å²) >= 11 is 0. The standard InChI is InChI=1S/C23H18FN3O7/c1-13-8-18(14(2)26(13)16-5-3-4-15(24)9-16)20(28)12-33-22(29)11-25-19-7-6-17(27(31)32)10-21(19)34-23(25)30/h3-10H,11-12H2,1-2H3. The van der Waals surface area contributed by atoms with Crippen molar-refractivity contribution < 1.29 is 28.1 Å². The summed E-state index contributed by atoms with van der Waals surface area (Å²) < 4.78 is 26.3. The molecule has 2 heterocycles. The van der Waals surface area contributed by atoms with Gasteiger partial charge >= 0.3 is 11.7 Å². The molecule has 34 heavy (non-hydrogen) atoms. The second-order valence-electron chi connectivity index (χ2n) is 7.55. The molecule has 4 aromatic rings. The van der Waals surface area contributed by atoms with Crippen LogP contribution in [0.2, 0.25) is 0 Å². The minimum Gasteiger partial charge on any atom is -0.456 e. The highest BCUT2D eigenvalue weighted by molar-refractivity contribution is 5.99. The number of aryl methyl sites for hydroxylation is 1. The molecule has 0 fully saturated rings. The van der Waals surface area contributed by atoms with Gasteiger partial charge in [-0.05, 0) is 44.2 Å². The molecule has 0 atom stereocenters. The number of carbonyl (C=O) groups is 2. The molecule has 10 nitrogen and oxygen atoms in total. The van der Waals surface area contributed by atoms with Crippen molar-refractivity contribution in [3.05, 3.63) is 92.0 Å². The van der Waals surface area contributed by atoms with Gasteiger partial charge in [-0.1, -0.05) is 6.07 Å². The number of Topliss-reactive ketones (excluding diaryl/α,β-unsaturated/α-hetero) is 1. The Kier molecular flexibility index (Phi) is 5.84. The normalized spacial score (nSPS) is 11.0. The number of rotatable bonds is 7. The summed E-state index contributed by atoms with van der Waals surface area (Å²) in [4.78, 5) is 47.3. The van der Waals surface area contributed by atoms with Crippen molar-refractivity contribution in [2.45, 2.75) is 20.4 Å². The summed E-state index contributed by atoms with van der Waals surface area (Å²) in [5, 5.41) is 10.9. The fourth-order valence-corrected chi connectivity index (χ4v) is 3.77. The summed E-state index contributed by atoms with van der Waals surface area (Å²) in [5.74, 6) is -2.64. The molecule has 174 valence electrons. The zero-order valence-corrected chi connectivity index (χ0v) is 18.1. The van der Waals surface area contributed by atoms with Gasteiger partial charge in [-0.3, -0.25) is 24.3 Å². The van der Waals surface area contributed by atoms with Gasteiger partial charge in [0.1, 0.15) is 12.4 Å². The number of nitro groups is 1. The molecule has 2 aromatic carbocycles. The molecule has 0 aliphatic rings. The van der Waals surface area contributed by atoms with Gasteiger partial charge in [-0.25, -0.2) is 9.18 Å². The Hall–Kier alpha value is -4.54. The maximum absolute atomic E-state index is 13.6. The van der Waals surface area contributed by atoms with E-state index in [0.717, 1.165) is 10.6 Å². The van der Waals surface area contributed by atoms with E-state index in [1.807, 2.05) is 0 Å². The van der Waals surface area contributed by atoms with E-state index in [1.54, 1.807) is 36.6 Å². The molecule has 4 rings (SSSR count). The molecule has 0 saturated heterocycles. The van der Waals surface area contributed by atoms with Gasteiger partial charge in [0.2, 0.25) is 5.78 Å². The van der Waals surface area contributed by atoms with Crippen molar-refractivity contribution in [3.63, 3.8) is 0 Å². The molecule has 2 aromatic heterocycles. The third-order valence-electron chi connectivity index (χ3n) is 5.31. The van der Waals surface area contributed by atoms with Crippen molar-refractivity contribution in [2.75, 3.05) is 6.61 Å². The lowest BCUT2D eigenvalue weighted by molar-refractivity contribution is -0.384. The minimum absolute atomic E-state index is 0.0483. The second-order valence-corrected chi connectivity index (χ2v) is 7.55. The van der Waals surface area contributed by atoms with Crippen LogP contribution < -0.4 is 5.76 Å². The lowest BCUT2D eigenvalue weighted by Gasteiger charge is -2.10. The molecule has 0 radical (unpaired) electrons. The maximum Gasteiger partial charge on any atom is 0.420 e. The van der Waals surface area contributed by atoms with E-state index in [1.165, 1.54) is 24.3 Å². The number of nitro benzene ring substituents is 1. The minimum atomic E-state index is -0.891. The quantitative estimate of drug-likeness (QED) is 0.176. The summed E-state index contributed by atoms with van der Waals surface area (Å²) in [5.41, 5.74) is 1.99. The highest BCUT2D eigenvalue weighted by Gasteiger charge is 2.20. The van der Waals surface area contributed by atoms with Crippen LogP contribution in [0.5, 0.6) is 0 Å². The summed E-state index contributed by atoms with van der Waals surface area (Å²) in [7, 11) is 0. The summed E-state index contributed by atoms with van der Waals surface area (Å²) in [6.45, 7) is 2.35. The van der Waals surface area contributed by atoms with Crippen molar-refractivity contribution >= 4 is 28.5 Å². The van der Waals surface area contributed by atoms with Crippen LogP contribution in [0.4, 0.5) is 10.1 Å². The van der Waals surface area contributed by atoms with E-state index in [2.05, 4.69) is 0 Å². The third-order valence-corrected chi connectivity index (χ3v) is 5.31. The number of aromatic nitrogens is 2. The Bertz CT molecular complexity index is 1510. The Balaban J connectivity index is 1.48. The number of ketones is 1. The Morgan fingerprint density at radius 3 is 2.62 bits per heavy atom. The van der Waals surface area contributed by atoms with E-state index in [9.17, 15) is 28.9 Å². The van der Waals surface area contributed by atoms with E-state index < -0.39 is 41.4 Å². The third kappa shape index (κ3) is 4.22. The molecule has 0 unspecified atom stereocenters. The monoisotopic (exact) mass is 467 g/mol. The summed E-state index contributed by atoms with van der Waals surface area (Å²) in [6, 6.07) is 11.1. The summed E-state index contributed by atoms with van der Waals surface area (Å²) in [6.07, 6.45) is 0.